The number of hydrogen-bond donors (Lipinski definition) is 2. The Bertz CT molecular complexity index is 471. The van der Waals surface area contributed by atoms with Crippen LogP contribution in [0.1, 0.15) is 19.4 Å². The first-order valence-corrected chi connectivity index (χ1v) is 5.56. The number of amides is 1. The number of hydrogen-bond acceptors (Lipinski definition) is 2. The van der Waals surface area contributed by atoms with Gasteiger partial charge in [-0.3, -0.25) is 4.79 Å². The van der Waals surface area contributed by atoms with Crippen molar-refractivity contribution in [3.63, 3.8) is 0 Å². The maximum absolute atomic E-state index is 13.4. The summed E-state index contributed by atoms with van der Waals surface area (Å²) in [5.74, 6) is -2.21. The summed E-state index contributed by atoms with van der Waals surface area (Å²) in [7, 11) is 0. The SMILES string of the molecule is CC(N)C(C)C(=O)Nc1cc(C(F)(F)F)ccc1F. The second-order valence-electron chi connectivity index (χ2n) is 4.33. The van der Waals surface area contributed by atoms with Crippen LogP contribution in [0.25, 0.3) is 0 Å². The average molecular weight is 278 g/mol. The predicted octanol–water partition coefficient (Wildman–Crippen LogP) is 2.77. The Labute approximate surface area is 107 Å². The Morgan fingerprint density at radius 2 is 1.89 bits per heavy atom. The number of anilines is 1. The molecule has 19 heavy (non-hydrogen) atoms. The van der Waals surface area contributed by atoms with Crippen LogP contribution in [0.4, 0.5) is 23.2 Å². The maximum Gasteiger partial charge on any atom is 0.416 e. The zero-order valence-electron chi connectivity index (χ0n) is 10.4. The summed E-state index contributed by atoms with van der Waals surface area (Å²) >= 11 is 0. The number of nitrogens with two attached hydrogens (primary N) is 1. The summed E-state index contributed by atoms with van der Waals surface area (Å²) in [5.41, 5.74) is 3.96. The molecule has 0 spiro atoms. The second kappa shape index (κ2) is 5.56. The molecule has 0 aliphatic rings. The van der Waals surface area contributed by atoms with Gasteiger partial charge in [0, 0.05) is 6.04 Å². The summed E-state index contributed by atoms with van der Waals surface area (Å²) in [5, 5.41) is 2.11. The van der Waals surface area contributed by atoms with Gasteiger partial charge in [-0.1, -0.05) is 6.92 Å². The van der Waals surface area contributed by atoms with Crippen LogP contribution in [0, 0.1) is 11.7 Å². The zero-order valence-corrected chi connectivity index (χ0v) is 10.4. The van der Waals surface area contributed by atoms with Crippen molar-refractivity contribution in [2.24, 2.45) is 11.7 Å². The smallest absolute Gasteiger partial charge is 0.327 e. The fourth-order valence-electron chi connectivity index (χ4n) is 1.28. The molecule has 0 fully saturated rings. The molecule has 106 valence electrons. The van der Waals surface area contributed by atoms with Gasteiger partial charge in [-0.05, 0) is 25.1 Å². The minimum Gasteiger partial charge on any atom is -0.327 e. The molecule has 1 aromatic rings. The first-order valence-electron chi connectivity index (χ1n) is 5.56. The van der Waals surface area contributed by atoms with E-state index >= 15 is 0 Å². The third kappa shape index (κ3) is 3.92. The lowest BCUT2D eigenvalue weighted by atomic mass is 10.0. The van der Waals surface area contributed by atoms with Gasteiger partial charge in [-0.2, -0.15) is 13.2 Å². The fraction of sp³-hybridized carbons (Fsp3) is 0.417. The van der Waals surface area contributed by atoms with E-state index in [1.165, 1.54) is 6.92 Å². The molecule has 2 unspecified atom stereocenters. The normalized spacial score (nSPS) is 14.9. The number of rotatable bonds is 3. The average Bonchev–Trinajstić information content (AvgIpc) is 2.29. The lowest BCUT2D eigenvalue weighted by Crippen LogP contribution is -2.34. The summed E-state index contributed by atoms with van der Waals surface area (Å²) < 4.78 is 50.8. The highest BCUT2D eigenvalue weighted by Crippen LogP contribution is 2.31. The van der Waals surface area contributed by atoms with Crippen molar-refractivity contribution in [1.82, 2.24) is 0 Å². The van der Waals surface area contributed by atoms with Crippen LogP contribution in [0.2, 0.25) is 0 Å². The lowest BCUT2D eigenvalue weighted by molar-refractivity contribution is -0.137. The molecule has 0 radical (unpaired) electrons. The molecule has 0 aliphatic heterocycles. The standard InChI is InChI=1S/C12H14F4N2O/c1-6(7(2)17)11(19)18-10-5-8(12(14,15)16)3-4-9(10)13/h3-7H,17H2,1-2H3,(H,18,19). The molecule has 0 bridgehead atoms. The number of halogens is 4. The monoisotopic (exact) mass is 278 g/mol. The molecule has 3 nitrogen and oxygen atoms in total. The first kappa shape index (κ1) is 15.4. The number of nitrogens with one attached hydrogen (secondary N) is 1. The molecule has 0 aliphatic carbocycles. The van der Waals surface area contributed by atoms with Crippen molar-refractivity contribution in [3.8, 4) is 0 Å². The highest BCUT2D eigenvalue weighted by molar-refractivity contribution is 5.92. The van der Waals surface area contributed by atoms with Crippen LogP contribution in [-0.4, -0.2) is 11.9 Å². The molecule has 0 aromatic heterocycles. The molecule has 0 saturated carbocycles. The Kier molecular flexibility index (Phi) is 4.52. The van der Waals surface area contributed by atoms with Crippen molar-refractivity contribution in [1.29, 1.82) is 0 Å². The molecule has 7 heteroatoms. The third-order valence-electron chi connectivity index (χ3n) is 2.75. The van der Waals surface area contributed by atoms with Gasteiger partial charge < -0.3 is 11.1 Å². The van der Waals surface area contributed by atoms with E-state index in [1.807, 2.05) is 0 Å². The number of carbonyl (C=O) groups excluding carboxylic acids is 1. The van der Waals surface area contributed by atoms with Crippen LogP contribution in [0.3, 0.4) is 0 Å². The number of alkyl halides is 3. The Hall–Kier alpha value is -1.63. The van der Waals surface area contributed by atoms with E-state index in [-0.39, 0.29) is 0 Å². The van der Waals surface area contributed by atoms with Gasteiger partial charge in [0.15, 0.2) is 0 Å². The largest absolute Gasteiger partial charge is 0.416 e. The zero-order chi connectivity index (χ0) is 14.8. The Balaban J connectivity index is 2.98. The third-order valence-corrected chi connectivity index (χ3v) is 2.75. The van der Waals surface area contributed by atoms with E-state index in [1.54, 1.807) is 6.92 Å². The topological polar surface area (TPSA) is 55.1 Å². The van der Waals surface area contributed by atoms with Crippen molar-refractivity contribution < 1.29 is 22.4 Å². The molecular weight excluding hydrogens is 264 g/mol. The van der Waals surface area contributed by atoms with E-state index in [9.17, 15) is 22.4 Å². The molecule has 2 atom stereocenters. The van der Waals surface area contributed by atoms with Gasteiger partial charge in [0.05, 0.1) is 17.2 Å². The van der Waals surface area contributed by atoms with Crippen molar-refractivity contribution in [3.05, 3.63) is 29.6 Å². The van der Waals surface area contributed by atoms with Crippen LogP contribution in [0.5, 0.6) is 0 Å². The van der Waals surface area contributed by atoms with Crippen LogP contribution >= 0.6 is 0 Å². The van der Waals surface area contributed by atoms with Gasteiger partial charge in [-0.15, -0.1) is 0 Å². The summed E-state index contributed by atoms with van der Waals surface area (Å²) in [6, 6.07) is 1.34. The molecule has 1 rings (SSSR count). The van der Waals surface area contributed by atoms with E-state index in [0.29, 0.717) is 18.2 Å². The molecule has 0 heterocycles. The Morgan fingerprint density at radius 3 is 2.37 bits per heavy atom. The fourth-order valence-corrected chi connectivity index (χ4v) is 1.28. The van der Waals surface area contributed by atoms with Gasteiger partial charge in [0.2, 0.25) is 5.91 Å². The predicted molar refractivity (Wildman–Crippen MR) is 62.8 cm³/mol. The van der Waals surface area contributed by atoms with Crippen LogP contribution in [0.15, 0.2) is 18.2 Å². The number of carbonyl (C=O) groups is 1. The van der Waals surface area contributed by atoms with E-state index < -0.39 is 41.1 Å². The maximum atomic E-state index is 13.4. The summed E-state index contributed by atoms with van der Waals surface area (Å²) in [6.45, 7) is 3.08. The molecule has 1 aromatic carbocycles. The van der Waals surface area contributed by atoms with Gasteiger partial charge in [0.1, 0.15) is 5.82 Å². The highest BCUT2D eigenvalue weighted by Gasteiger charge is 2.31. The van der Waals surface area contributed by atoms with Gasteiger partial charge in [0.25, 0.3) is 0 Å². The van der Waals surface area contributed by atoms with E-state index in [0.717, 1.165) is 0 Å². The minimum absolute atomic E-state index is 0.492. The molecule has 0 saturated heterocycles. The minimum atomic E-state index is -4.60. The van der Waals surface area contributed by atoms with Crippen LogP contribution < -0.4 is 11.1 Å². The summed E-state index contributed by atoms with van der Waals surface area (Å²) in [4.78, 5) is 11.6. The number of benzene rings is 1. The van der Waals surface area contributed by atoms with Gasteiger partial charge in [-0.25, -0.2) is 4.39 Å². The van der Waals surface area contributed by atoms with Crippen molar-refractivity contribution in [2.45, 2.75) is 26.1 Å². The first-order chi connectivity index (χ1) is 8.62. The summed E-state index contributed by atoms with van der Waals surface area (Å²) in [6.07, 6.45) is -4.60. The van der Waals surface area contributed by atoms with E-state index in [2.05, 4.69) is 5.32 Å². The molecule has 3 N–H and O–H groups in total. The second-order valence-corrected chi connectivity index (χ2v) is 4.33. The Morgan fingerprint density at radius 1 is 1.32 bits per heavy atom. The quantitative estimate of drug-likeness (QED) is 0.835. The lowest BCUT2D eigenvalue weighted by Gasteiger charge is -2.16. The molecule has 1 amide bonds. The van der Waals surface area contributed by atoms with Crippen molar-refractivity contribution >= 4 is 11.6 Å². The highest BCUT2D eigenvalue weighted by atomic mass is 19.4. The van der Waals surface area contributed by atoms with Gasteiger partial charge >= 0.3 is 6.18 Å². The van der Waals surface area contributed by atoms with Crippen molar-refractivity contribution in [2.75, 3.05) is 5.32 Å². The van der Waals surface area contributed by atoms with E-state index in [4.69, 9.17) is 5.73 Å². The molecular formula is C12H14F4N2O. The van der Waals surface area contributed by atoms with Crippen LogP contribution in [-0.2, 0) is 11.0 Å².